The second-order valence-corrected chi connectivity index (χ2v) is 4.19. The maximum absolute atomic E-state index is 11.9. The van der Waals surface area contributed by atoms with Crippen molar-refractivity contribution in [2.75, 3.05) is 0 Å². The average molecular weight is 228 g/mol. The minimum Gasteiger partial charge on any atom is -0.350 e. The van der Waals surface area contributed by atoms with Gasteiger partial charge in [-0.3, -0.25) is 9.78 Å². The zero-order valence-corrected chi connectivity index (χ0v) is 10.1. The Balaban J connectivity index is 2.27. The average Bonchev–Trinajstić information content (AvgIpc) is 2.38. The van der Waals surface area contributed by atoms with Gasteiger partial charge in [0.15, 0.2) is 0 Å². The van der Waals surface area contributed by atoms with Crippen LogP contribution in [0, 0.1) is 0 Å². The summed E-state index contributed by atoms with van der Waals surface area (Å²) in [7, 11) is 0. The summed E-state index contributed by atoms with van der Waals surface area (Å²) in [5, 5.41) is 3.99. The highest BCUT2D eigenvalue weighted by Crippen LogP contribution is 2.13. The first-order valence-corrected chi connectivity index (χ1v) is 5.86. The fourth-order valence-corrected chi connectivity index (χ4v) is 1.62. The maximum Gasteiger partial charge on any atom is 0.251 e. The largest absolute Gasteiger partial charge is 0.350 e. The third-order valence-corrected chi connectivity index (χ3v) is 2.86. The fraction of sp³-hybridized carbons (Fsp3) is 0.286. The molecule has 1 amide bonds. The van der Waals surface area contributed by atoms with E-state index in [-0.39, 0.29) is 11.9 Å². The maximum atomic E-state index is 11.9. The minimum atomic E-state index is -0.0353. The minimum absolute atomic E-state index is 0.0353. The van der Waals surface area contributed by atoms with Crippen molar-refractivity contribution in [3.05, 3.63) is 42.1 Å². The number of amides is 1. The number of hydrogen-bond acceptors (Lipinski definition) is 2. The number of carbonyl (C=O) groups excluding carboxylic acids is 1. The molecule has 1 aromatic heterocycles. The van der Waals surface area contributed by atoms with Gasteiger partial charge in [-0.15, -0.1) is 0 Å². The molecule has 0 fully saturated rings. The number of fused-ring (bicyclic) bond motifs is 1. The molecule has 17 heavy (non-hydrogen) atoms. The van der Waals surface area contributed by atoms with E-state index in [9.17, 15) is 4.79 Å². The van der Waals surface area contributed by atoms with Crippen molar-refractivity contribution in [1.29, 1.82) is 0 Å². The summed E-state index contributed by atoms with van der Waals surface area (Å²) in [6, 6.07) is 9.66. The van der Waals surface area contributed by atoms with Crippen molar-refractivity contribution in [3.8, 4) is 0 Å². The van der Waals surface area contributed by atoms with Gasteiger partial charge in [-0.1, -0.05) is 19.1 Å². The van der Waals surface area contributed by atoms with Crippen molar-refractivity contribution in [2.24, 2.45) is 0 Å². The summed E-state index contributed by atoms with van der Waals surface area (Å²) < 4.78 is 0. The number of rotatable bonds is 3. The van der Waals surface area contributed by atoms with Crippen LogP contribution in [0.15, 0.2) is 36.5 Å². The van der Waals surface area contributed by atoms with Crippen molar-refractivity contribution >= 4 is 16.8 Å². The lowest BCUT2D eigenvalue weighted by molar-refractivity contribution is 0.0939. The number of nitrogens with zero attached hydrogens (tertiary/aromatic N) is 1. The molecule has 0 aliphatic carbocycles. The van der Waals surface area contributed by atoms with Gasteiger partial charge in [-0.2, -0.15) is 0 Å². The predicted molar refractivity (Wildman–Crippen MR) is 69.0 cm³/mol. The zero-order valence-electron chi connectivity index (χ0n) is 10.1. The lowest BCUT2D eigenvalue weighted by Gasteiger charge is -2.11. The number of carbonyl (C=O) groups is 1. The molecule has 1 N–H and O–H groups in total. The lowest BCUT2D eigenvalue weighted by Crippen LogP contribution is -2.31. The Morgan fingerprint density at radius 1 is 1.41 bits per heavy atom. The smallest absolute Gasteiger partial charge is 0.251 e. The van der Waals surface area contributed by atoms with Crippen LogP contribution < -0.4 is 5.32 Å². The first-order valence-electron chi connectivity index (χ1n) is 5.86. The highest BCUT2D eigenvalue weighted by Gasteiger charge is 2.08. The predicted octanol–water partition coefficient (Wildman–Crippen LogP) is 2.76. The fourth-order valence-electron chi connectivity index (χ4n) is 1.62. The highest BCUT2D eigenvalue weighted by atomic mass is 16.1. The molecule has 2 rings (SSSR count). The van der Waals surface area contributed by atoms with Gasteiger partial charge >= 0.3 is 0 Å². The monoisotopic (exact) mass is 228 g/mol. The summed E-state index contributed by atoms with van der Waals surface area (Å²) >= 11 is 0. The second kappa shape index (κ2) is 4.95. The molecule has 0 radical (unpaired) electrons. The molecule has 3 heteroatoms. The van der Waals surface area contributed by atoms with Crippen molar-refractivity contribution in [2.45, 2.75) is 26.3 Å². The SMILES string of the molecule is CC[C@@H](C)NC(=O)c1ccc2cccnc2c1. The summed E-state index contributed by atoms with van der Waals surface area (Å²) in [6.45, 7) is 4.05. The van der Waals surface area contributed by atoms with E-state index >= 15 is 0 Å². The molecule has 0 unspecified atom stereocenters. The number of pyridine rings is 1. The van der Waals surface area contributed by atoms with Crippen molar-refractivity contribution in [1.82, 2.24) is 10.3 Å². The van der Waals surface area contributed by atoms with Gasteiger partial charge in [0.05, 0.1) is 5.52 Å². The molecule has 0 aliphatic rings. The molecule has 1 heterocycles. The van der Waals surface area contributed by atoms with Crippen LogP contribution >= 0.6 is 0 Å². The summed E-state index contributed by atoms with van der Waals surface area (Å²) in [5.41, 5.74) is 1.51. The topological polar surface area (TPSA) is 42.0 Å². The van der Waals surface area contributed by atoms with E-state index < -0.39 is 0 Å². The van der Waals surface area contributed by atoms with Crippen LogP contribution in [0.4, 0.5) is 0 Å². The van der Waals surface area contributed by atoms with Crippen LogP contribution in [0.3, 0.4) is 0 Å². The molecule has 1 aromatic carbocycles. The Morgan fingerprint density at radius 3 is 3.00 bits per heavy atom. The van der Waals surface area contributed by atoms with Crippen LogP contribution in [0.25, 0.3) is 10.9 Å². The van der Waals surface area contributed by atoms with Crippen LogP contribution in [0.5, 0.6) is 0 Å². The van der Waals surface area contributed by atoms with Crippen molar-refractivity contribution in [3.63, 3.8) is 0 Å². The lowest BCUT2D eigenvalue weighted by atomic mass is 10.1. The first kappa shape index (κ1) is 11.6. The van der Waals surface area contributed by atoms with Crippen LogP contribution in [-0.4, -0.2) is 16.9 Å². The third-order valence-electron chi connectivity index (χ3n) is 2.86. The van der Waals surface area contributed by atoms with Crippen LogP contribution in [0.2, 0.25) is 0 Å². The van der Waals surface area contributed by atoms with Crippen LogP contribution in [-0.2, 0) is 0 Å². The zero-order chi connectivity index (χ0) is 12.3. The van der Waals surface area contributed by atoms with Crippen molar-refractivity contribution < 1.29 is 4.79 Å². The van der Waals surface area contributed by atoms with E-state index in [4.69, 9.17) is 0 Å². The molecule has 0 spiro atoms. The molecular formula is C14H16N2O. The highest BCUT2D eigenvalue weighted by molar-refractivity contribution is 5.97. The summed E-state index contributed by atoms with van der Waals surface area (Å²) in [6.07, 6.45) is 2.66. The number of nitrogens with one attached hydrogen (secondary N) is 1. The Labute approximate surface area is 101 Å². The molecule has 0 aliphatic heterocycles. The number of hydrogen-bond donors (Lipinski definition) is 1. The Bertz CT molecular complexity index is 536. The molecule has 3 nitrogen and oxygen atoms in total. The third kappa shape index (κ3) is 2.61. The van der Waals surface area contributed by atoms with Gasteiger partial charge in [-0.05, 0) is 31.5 Å². The molecule has 2 aromatic rings. The van der Waals surface area contributed by atoms with E-state index in [2.05, 4.69) is 10.3 Å². The summed E-state index contributed by atoms with van der Waals surface area (Å²) in [5.74, 6) is -0.0353. The molecule has 1 atom stereocenters. The van der Waals surface area contributed by atoms with Gasteiger partial charge in [0.1, 0.15) is 0 Å². The normalized spacial score (nSPS) is 12.4. The molecular weight excluding hydrogens is 212 g/mol. The Kier molecular flexibility index (Phi) is 3.38. The van der Waals surface area contributed by atoms with E-state index in [1.807, 2.05) is 44.2 Å². The van der Waals surface area contributed by atoms with Crippen LogP contribution in [0.1, 0.15) is 30.6 Å². The second-order valence-electron chi connectivity index (χ2n) is 4.19. The molecule has 88 valence electrons. The summed E-state index contributed by atoms with van der Waals surface area (Å²) in [4.78, 5) is 16.2. The molecule has 0 bridgehead atoms. The van der Waals surface area contributed by atoms with Gasteiger partial charge < -0.3 is 5.32 Å². The number of aromatic nitrogens is 1. The van der Waals surface area contributed by atoms with Gasteiger partial charge in [0.25, 0.3) is 5.91 Å². The van der Waals surface area contributed by atoms with E-state index in [1.165, 1.54) is 0 Å². The van der Waals surface area contributed by atoms with E-state index in [0.717, 1.165) is 17.3 Å². The first-order chi connectivity index (χ1) is 8.20. The quantitative estimate of drug-likeness (QED) is 0.877. The molecule has 0 saturated carbocycles. The van der Waals surface area contributed by atoms with Gasteiger partial charge in [-0.25, -0.2) is 0 Å². The van der Waals surface area contributed by atoms with Gasteiger partial charge in [0.2, 0.25) is 0 Å². The Morgan fingerprint density at radius 2 is 2.24 bits per heavy atom. The van der Waals surface area contributed by atoms with E-state index in [0.29, 0.717) is 5.56 Å². The standard InChI is InChI=1S/C14H16N2O/c1-3-10(2)16-14(17)12-7-6-11-5-4-8-15-13(11)9-12/h4-10H,3H2,1-2H3,(H,16,17)/t10-/m1/s1. The number of benzene rings is 1. The van der Waals surface area contributed by atoms with E-state index in [1.54, 1.807) is 6.20 Å². The van der Waals surface area contributed by atoms with Gasteiger partial charge in [0, 0.05) is 23.2 Å². The molecule has 0 saturated heterocycles. The Hall–Kier alpha value is -1.90.